The van der Waals surface area contributed by atoms with Crippen LogP contribution in [0.5, 0.6) is 5.75 Å². The van der Waals surface area contributed by atoms with Gasteiger partial charge in [-0.05, 0) is 47.9 Å². The summed E-state index contributed by atoms with van der Waals surface area (Å²) in [6.45, 7) is 4.43. The quantitative estimate of drug-likeness (QED) is 0.482. The molecule has 0 spiro atoms. The summed E-state index contributed by atoms with van der Waals surface area (Å²) in [6.07, 6.45) is 4.28. The molecule has 2 nitrogen and oxygen atoms in total. The van der Waals surface area contributed by atoms with E-state index in [9.17, 15) is 0 Å². The first-order valence-electron chi connectivity index (χ1n) is 7.10. The van der Waals surface area contributed by atoms with Crippen molar-refractivity contribution in [3.63, 3.8) is 0 Å². The number of aromatic nitrogens is 1. The van der Waals surface area contributed by atoms with Crippen LogP contribution in [-0.4, -0.2) is 11.5 Å². The van der Waals surface area contributed by atoms with E-state index in [4.69, 9.17) is 4.74 Å². The van der Waals surface area contributed by atoms with Gasteiger partial charge < -0.3 is 9.14 Å². The molecule has 0 saturated heterocycles. The molecule has 0 atom stereocenters. The van der Waals surface area contributed by atoms with Gasteiger partial charge in [0, 0.05) is 22.6 Å². The van der Waals surface area contributed by atoms with Crippen molar-refractivity contribution >= 4 is 26.3 Å². The van der Waals surface area contributed by atoms with Crippen LogP contribution in [0, 0.1) is 0 Å². The van der Waals surface area contributed by atoms with Crippen molar-refractivity contribution in [2.75, 3.05) is 7.11 Å². The zero-order valence-corrected chi connectivity index (χ0v) is 13.4. The fourth-order valence-electron chi connectivity index (χ4n) is 2.32. The van der Waals surface area contributed by atoms with Gasteiger partial charge in [-0.3, -0.25) is 0 Å². The summed E-state index contributed by atoms with van der Waals surface area (Å²) in [7, 11) is 1.70. The molecule has 0 aliphatic heterocycles. The lowest BCUT2D eigenvalue weighted by Crippen LogP contribution is -1.81. The van der Waals surface area contributed by atoms with E-state index < -0.39 is 0 Å². The first kappa shape index (κ1) is 14.0. The summed E-state index contributed by atoms with van der Waals surface area (Å²) < 4.78 is 9.77. The van der Waals surface area contributed by atoms with Crippen molar-refractivity contribution in [3.05, 3.63) is 60.4 Å². The number of fused-ring (bicyclic) bond motifs is 3. The van der Waals surface area contributed by atoms with Crippen molar-refractivity contribution in [2.45, 2.75) is 19.8 Å². The number of benzene rings is 1. The Kier molecular flexibility index (Phi) is 3.84. The second-order valence-electron chi connectivity index (χ2n) is 5.38. The average Bonchev–Trinajstić information content (AvgIpc) is 3.21. The van der Waals surface area contributed by atoms with Gasteiger partial charge in [-0.25, -0.2) is 0 Å². The van der Waals surface area contributed by atoms with Crippen molar-refractivity contribution in [2.24, 2.45) is 0 Å². The summed E-state index contributed by atoms with van der Waals surface area (Å²) in [5.41, 5.74) is 2.68. The topological polar surface area (TPSA) is 13.6 Å². The van der Waals surface area contributed by atoms with E-state index in [1.165, 1.54) is 20.5 Å². The first-order valence-corrected chi connectivity index (χ1v) is 7.91. The Hall–Kier alpha value is -2.00. The van der Waals surface area contributed by atoms with Gasteiger partial charge in [0.15, 0.2) is 0 Å². The maximum Gasteiger partial charge on any atom is 0.137 e. The molecule has 21 heavy (non-hydrogen) atoms. The van der Waals surface area contributed by atoms with E-state index in [0.717, 1.165) is 5.75 Å². The van der Waals surface area contributed by atoms with Crippen LogP contribution in [0.3, 0.4) is 0 Å². The third-order valence-corrected chi connectivity index (χ3v) is 4.60. The second-order valence-corrected chi connectivity index (χ2v) is 6.49. The molecule has 3 heteroatoms. The molecule has 2 bridgehead atoms. The fourth-order valence-corrected chi connectivity index (χ4v) is 3.25. The molecule has 0 saturated carbocycles. The van der Waals surface area contributed by atoms with Crippen LogP contribution < -0.4 is 4.74 Å². The molecule has 0 aliphatic rings. The van der Waals surface area contributed by atoms with Crippen molar-refractivity contribution in [3.8, 4) is 5.75 Å². The lowest BCUT2D eigenvalue weighted by Gasteiger charge is -1.96. The number of hydrogen-bond acceptors (Lipinski definition) is 2. The maximum absolute atomic E-state index is 5.08. The highest BCUT2D eigenvalue weighted by Gasteiger charge is 2.02. The largest absolute Gasteiger partial charge is 0.495 e. The highest BCUT2D eigenvalue weighted by atomic mass is 32.1. The molecular formula is C18H19NOS. The molecule has 0 fully saturated rings. The van der Waals surface area contributed by atoms with E-state index in [2.05, 4.69) is 73.1 Å². The number of nitrogens with zero attached hydrogens (tertiary/aromatic N) is 1. The number of methoxy groups -OCH3 is 1. The van der Waals surface area contributed by atoms with Gasteiger partial charge in [0.25, 0.3) is 0 Å². The van der Waals surface area contributed by atoms with Crippen molar-refractivity contribution < 1.29 is 4.74 Å². The van der Waals surface area contributed by atoms with Gasteiger partial charge >= 0.3 is 0 Å². The molecule has 4 heterocycles. The molecule has 4 aromatic rings. The molecule has 4 aromatic heterocycles. The van der Waals surface area contributed by atoms with Gasteiger partial charge in [-0.1, -0.05) is 19.9 Å². The summed E-state index contributed by atoms with van der Waals surface area (Å²) >= 11 is 1.77. The Labute approximate surface area is 128 Å². The number of ether oxygens (including phenoxy) is 1. The first-order chi connectivity index (χ1) is 10.2. The highest BCUT2D eigenvalue weighted by Crippen LogP contribution is 2.33. The molecule has 0 unspecified atom stereocenters. The molecule has 108 valence electrons. The highest BCUT2D eigenvalue weighted by molar-refractivity contribution is 7.24. The third kappa shape index (κ3) is 2.88. The lowest BCUT2D eigenvalue weighted by molar-refractivity contribution is 0.421. The van der Waals surface area contributed by atoms with Gasteiger partial charge in [0.1, 0.15) is 5.75 Å². The third-order valence-electron chi connectivity index (χ3n) is 3.56. The van der Waals surface area contributed by atoms with E-state index >= 15 is 0 Å². The summed E-state index contributed by atoms with van der Waals surface area (Å²) in [6, 6.07) is 14.7. The summed E-state index contributed by atoms with van der Waals surface area (Å²) in [5.74, 6) is 1.63. The predicted octanol–water partition coefficient (Wildman–Crippen LogP) is 5.41. The number of rotatable bonds is 2. The minimum Gasteiger partial charge on any atom is -0.495 e. The van der Waals surface area contributed by atoms with Gasteiger partial charge in [0.2, 0.25) is 0 Å². The Morgan fingerprint density at radius 1 is 1.10 bits per heavy atom. The van der Waals surface area contributed by atoms with Crippen LogP contribution in [-0.2, 0) is 0 Å². The Morgan fingerprint density at radius 2 is 1.95 bits per heavy atom. The number of pyridine rings is 1. The molecule has 0 aliphatic carbocycles. The molecule has 0 aromatic carbocycles. The Bertz CT molecular complexity index is 795. The molecular weight excluding hydrogens is 278 g/mol. The maximum atomic E-state index is 5.08. The van der Waals surface area contributed by atoms with Crippen LogP contribution in [0.1, 0.15) is 25.3 Å². The molecule has 4 rings (SSSR count). The van der Waals surface area contributed by atoms with Crippen LogP contribution >= 0.6 is 11.3 Å². The Morgan fingerprint density at radius 3 is 2.48 bits per heavy atom. The molecule has 0 amide bonds. The zero-order chi connectivity index (χ0) is 14.8. The zero-order valence-electron chi connectivity index (χ0n) is 12.5. The molecule has 0 radical (unpaired) electrons. The Balaban J connectivity index is 0.000000131. The molecule has 0 N–H and O–H groups in total. The van der Waals surface area contributed by atoms with Gasteiger partial charge in [0.05, 0.1) is 11.8 Å². The number of thiophene rings is 2. The number of hydrogen-bond donors (Lipinski definition) is 0. The van der Waals surface area contributed by atoms with Gasteiger partial charge in [-0.15, -0.1) is 11.3 Å². The standard InChI is InChI=1S/C11H13N.C7H6OS/c1-9(2)10-7-11-5-3-4-6-12(11)8-10;1-8-6-4-5-2-3-7(6)9-5/h3-9H,1-2H3;2-4H,1H3. The predicted molar refractivity (Wildman–Crippen MR) is 91.0 cm³/mol. The fraction of sp³-hybridized carbons (Fsp3) is 0.222. The minimum atomic E-state index is 0.616. The monoisotopic (exact) mass is 297 g/mol. The summed E-state index contributed by atoms with van der Waals surface area (Å²) in [5, 5.41) is 0. The summed E-state index contributed by atoms with van der Waals surface area (Å²) in [4.78, 5) is 0. The SMILES string of the molecule is CC(C)c1cc2ccccn2c1.COc1cc2ccc1s2. The van der Waals surface area contributed by atoms with E-state index in [1.54, 1.807) is 18.4 Å². The van der Waals surface area contributed by atoms with Crippen LogP contribution in [0.25, 0.3) is 14.9 Å². The van der Waals surface area contributed by atoms with E-state index in [0.29, 0.717) is 5.92 Å². The normalized spacial score (nSPS) is 11.0. The van der Waals surface area contributed by atoms with E-state index in [1.807, 2.05) is 0 Å². The minimum absolute atomic E-state index is 0.616. The smallest absolute Gasteiger partial charge is 0.137 e. The second kappa shape index (κ2) is 5.78. The van der Waals surface area contributed by atoms with Crippen molar-refractivity contribution in [1.82, 2.24) is 4.40 Å². The van der Waals surface area contributed by atoms with Crippen LogP contribution in [0.15, 0.2) is 54.9 Å². The van der Waals surface area contributed by atoms with Crippen molar-refractivity contribution in [1.29, 1.82) is 0 Å². The lowest BCUT2D eigenvalue weighted by atomic mass is 10.1. The van der Waals surface area contributed by atoms with Crippen LogP contribution in [0.2, 0.25) is 0 Å². The van der Waals surface area contributed by atoms with Crippen LogP contribution in [0.4, 0.5) is 0 Å². The van der Waals surface area contributed by atoms with Gasteiger partial charge in [-0.2, -0.15) is 0 Å². The van der Waals surface area contributed by atoms with E-state index in [-0.39, 0.29) is 0 Å². The average molecular weight is 297 g/mol.